The summed E-state index contributed by atoms with van der Waals surface area (Å²) < 4.78 is 58.8. The predicted molar refractivity (Wildman–Crippen MR) is 82.7 cm³/mol. The molecular weight excluding hydrogens is 324 g/mol. The molecular formula is C16H17F2NO3S. The summed E-state index contributed by atoms with van der Waals surface area (Å²) in [5.41, 5.74) is 0.722. The number of rotatable bonds is 6. The molecule has 4 nitrogen and oxygen atoms in total. The van der Waals surface area contributed by atoms with Crippen molar-refractivity contribution >= 4 is 10.0 Å². The van der Waals surface area contributed by atoms with Crippen molar-refractivity contribution in [3.63, 3.8) is 0 Å². The molecule has 1 N–H and O–H groups in total. The molecule has 0 bridgehead atoms. The lowest BCUT2D eigenvalue weighted by molar-refractivity contribution is 0.414. The van der Waals surface area contributed by atoms with Gasteiger partial charge in [-0.15, -0.1) is 0 Å². The van der Waals surface area contributed by atoms with E-state index in [4.69, 9.17) is 4.74 Å². The van der Waals surface area contributed by atoms with E-state index < -0.39 is 32.6 Å². The summed E-state index contributed by atoms with van der Waals surface area (Å²) in [4.78, 5) is -0.578. The van der Waals surface area contributed by atoms with Crippen molar-refractivity contribution in [2.24, 2.45) is 0 Å². The van der Waals surface area contributed by atoms with E-state index in [-0.39, 0.29) is 0 Å². The van der Waals surface area contributed by atoms with Crippen molar-refractivity contribution in [2.75, 3.05) is 7.11 Å². The van der Waals surface area contributed by atoms with Crippen LogP contribution in [0.15, 0.2) is 47.4 Å². The Bertz CT molecular complexity index is 776. The van der Waals surface area contributed by atoms with Crippen LogP contribution in [0.25, 0.3) is 0 Å². The molecule has 0 aliphatic carbocycles. The number of hydrogen-bond acceptors (Lipinski definition) is 3. The fourth-order valence-electron chi connectivity index (χ4n) is 2.17. The molecule has 2 aromatic rings. The molecule has 7 heteroatoms. The molecule has 0 aromatic heterocycles. The van der Waals surface area contributed by atoms with Gasteiger partial charge in [-0.05, 0) is 36.2 Å². The maximum absolute atomic E-state index is 13.7. The van der Waals surface area contributed by atoms with Crippen molar-refractivity contribution in [3.05, 3.63) is 59.7 Å². The summed E-state index contributed by atoms with van der Waals surface area (Å²) in [5, 5.41) is 0. The molecule has 0 aliphatic heterocycles. The minimum Gasteiger partial charge on any atom is -0.497 e. The molecule has 124 valence electrons. The smallest absolute Gasteiger partial charge is 0.244 e. The Morgan fingerprint density at radius 3 is 2.30 bits per heavy atom. The first-order chi connectivity index (χ1) is 10.9. The number of hydrogen-bond donors (Lipinski definition) is 1. The van der Waals surface area contributed by atoms with Crippen molar-refractivity contribution in [1.29, 1.82) is 0 Å². The standard InChI is InChI=1S/C16H17F2NO3S/c1-3-15(11-4-7-13(22-2)8-5-11)19-23(20,21)16-9-6-12(17)10-14(16)18/h4-10,15,19H,3H2,1-2H3. The minimum atomic E-state index is -4.11. The van der Waals surface area contributed by atoms with Crippen LogP contribution in [0.2, 0.25) is 0 Å². The first-order valence-electron chi connectivity index (χ1n) is 6.98. The van der Waals surface area contributed by atoms with E-state index in [1.807, 2.05) is 0 Å². The molecule has 23 heavy (non-hydrogen) atoms. The molecule has 0 heterocycles. The zero-order valence-electron chi connectivity index (χ0n) is 12.7. The maximum Gasteiger partial charge on any atom is 0.244 e. The van der Waals surface area contributed by atoms with E-state index >= 15 is 0 Å². The second-order valence-electron chi connectivity index (χ2n) is 4.93. The zero-order valence-corrected chi connectivity index (χ0v) is 13.5. The zero-order chi connectivity index (χ0) is 17.0. The van der Waals surface area contributed by atoms with Crippen molar-refractivity contribution in [3.8, 4) is 5.75 Å². The van der Waals surface area contributed by atoms with E-state index in [0.717, 1.165) is 17.7 Å². The highest BCUT2D eigenvalue weighted by Crippen LogP contribution is 2.23. The first kappa shape index (κ1) is 17.4. The Kier molecular flexibility index (Phi) is 5.33. The second kappa shape index (κ2) is 7.06. The van der Waals surface area contributed by atoms with Crippen molar-refractivity contribution in [2.45, 2.75) is 24.3 Å². The van der Waals surface area contributed by atoms with Crippen LogP contribution in [-0.2, 0) is 10.0 Å². The van der Waals surface area contributed by atoms with Gasteiger partial charge in [0, 0.05) is 12.1 Å². The summed E-state index contributed by atoms with van der Waals surface area (Å²) >= 11 is 0. The van der Waals surface area contributed by atoms with Gasteiger partial charge in [-0.1, -0.05) is 19.1 Å². The van der Waals surface area contributed by atoms with Gasteiger partial charge < -0.3 is 4.74 Å². The second-order valence-corrected chi connectivity index (χ2v) is 6.61. The molecule has 2 aromatic carbocycles. The number of sulfonamides is 1. The van der Waals surface area contributed by atoms with Crippen LogP contribution in [-0.4, -0.2) is 15.5 Å². The molecule has 0 aliphatic rings. The Morgan fingerprint density at radius 2 is 1.78 bits per heavy atom. The number of nitrogens with one attached hydrogen (secondary N) is 1. The Labute approximate surface area is 134 Å². The SMILES string of the molecule is CCC(NS(=O)(=O)c1ccc(F)cc1F)c1ccc(OC)cc1. The van der Waals surface area contributed by atoms with Gasteiger partial charge in [0.05, 0.1) is 7.11 Å². The van der Waals surface area contributed by atoms with Gasteiger partial charge in [0.1, 0.15) is 22.3 Å². The van der Waals surface area contributed by atoms with E-state index in [1.165, 1.54) is 7.11 Å². The molecule has 0 saturated carbocycles. The third-order valence-electron chi connectivity index (χ3n) is 3.41. The van der Waals surface area contributed by atoms with Gasteiger partial charge >= 0.3 is 0 Å². The van der Waals surface area contributed by atoms with E-state index in [2.05, 4.69) is 4.72 Å². The van der Waals surface area contributed by atoms with Gasteiger partial charge in [-0.2, -0.15) is 0 Å². The lowest BCUT2D eigenvalue weighted by Crippen LogP contribution is -2.29. The largest absolute Gasteiger partial charge is 0.497 e. The number of benzene rings is 2. The summed E-state index contributed by atoms with van der Waals surface area (Å²) in [5.74, 6) is -1.30. The molecule has 1 unspecified atom stereocenters. The average Bonchev–Trinajstić information content (AvgIpc) is 2.52. The highest BCUT2D eigenvalue weighted by molar-refractivity contribution is 7.89. The van der Waals surface area contributed by atoms with Crippen LogP contribution in [0.5, 0.6) is 5.75 Å². The van der Waals surface area contributed by atoms with Crippen LogP contribution in [0.1, 0.15) is 24.9 Å². The van der Waals surface area contributed by atoms with Crippen LogP contribution < -0.4 is 9.46 Å². The fraction of sp³-hybridized carbons (Fsp3) is 0.250. The van der Waals surface area contributed by atoms with Gasteiger partial charge in [0.25, 0.3) is 0 Å². The highest BCUT2D eigenvalue weighted by Gasteiger charge is 2.23. The van der Waals surface area contributed by atoms with E-state index in [1.54, 1.807) is 31.2 Å². The normalized spacial score (nSPS) is 12.9. The quantitative estimate of drug-likeness (QED) is 0.876. The molecule has 0 saturated heterocycles. The summed E-state index contributed by atoms with van der Waals surface area (Å²) in [6.07, 6.45) is 0.467. The average molecular weight is 341 g/mol. The summed E-state index contributed by atoms with van der Waals surface area (Å²) in [6, 6.07) is 8.72. The predicted octanol–water partition coefficient (Wildman–Crippen LogP) is 3.40. The highest BCUT2D eigenvalue weighted by atomic mass is 32.2. The van der Waals surface area contributed by atoms with Gasteiger partial charge in [0.2, 0.25) is 10.0 Å². The topological polar surface area (TPSA) is 55.4 Å². The third kappa shape index (κ3) is 4.05. The lowest BCUT2D eigenvalue weighted by Gasteiger charge is -2.18. The van der Waals surface area contributed by atoms with Crippen LogP contribution >= 0.6 is 0 Å². The first-order valence-corrected chi connectivity index (χ1v) is 8.47. The van der Waals surface area contributed by atoms with Crippen LogP contribution in [0, 0.1) is 11.6 Å². The molecule has 0 fully saturated rings. The minimum absolute atomic E-state index is 0.467. The maximum atomic E-state index is 13.7. The molecule has 0 spiro atoms. The van der Waals surface area contributed by atoms with Gasteiger partial charge in [-0.3, -0.25) is 0 Å². The number of ether oxygens (including phenoxy) is 1. The van der Waals surface area contributed by atoms with Crippen molar-refractivity contribution in [1.82, 2.24) is 4.72 Å². The van der Waals surface area contributed by atoms with Gasteiger partial charge in [-0.25, -0.2) is 21.9 Å². The monoisotopic (exact) mass is 341 g/mol. The lowest BCUT2D eigenvalue weighted by atomic mass is 10.1. The number of methoxy groups -OCH3 is 1. The number of halogens is 2. The molecule has 0 amide bonds. The van der Waals surface area contributed by atoms with Gasteiger partial charge in [0.15, 0.2) is 0 Å². The Hall–Kier alpha value is -1.99. The van der Waals surface area contributed by atoms with E-state index in [0.29, 0.717) is 18.2 Å². The molecule has 0 radical (unpaired) electrons. The Morgan fingerprint density at radius 1 is 1.13 bits per heavy atom. The molecule has 1 atom stereocenters. The summed E-state index contributed by atoms with van der Waals surface area (Å²) in [6.45, 7) is 1.80. The van der Waals surface area contributed by atoms with Crippen molar-refractivity contribution < 1.29 is 21.9 Å². The summed E-state index contributed by atoms with van der Waals surface area (Å²) in [7, 11) is -2.57. The van der Waals surface area contributed by atoms with Crippen LogP contribution in [0.3, 0.4) is 0 Å². The Balaban J connectivity index is 2.29. The fourth-order valence-corrected chi connectivity index (χ4v) is 3.53. The van der Waals surface area contributed by atoms with Crippen LogP contribution in [0.4, 0.5) is 8.78 Å². The third-order valence-corrected chi connectivity index (χ3v) is 4.91. The van der Waals surface area contributed by atoms with E-state index in [9.17, 15) is 17.2 Å². The molecule has 2 rings (SSSR count).